The maximum Gasteiger partial charge on any atom is 0.326 e. The molecule has 110 heavy (non-hydrogen) atoms. The zero-order valence-corrected chi connectivity index (χ0v) is 60.7. The van der Waals surface area contributed by atoms with Gasteiger partial charge in [-0.15, -0.1) is 0 Å². The maximum atomic E-state index is 14.4. The summed E-state index contributed by atoms with van der Waals surface area (Å²) in [5.74, 6) is -16.4. The van der Waals surface area contributed by atoms with Gasteiger partial charge < -0.3 is 99.4 Å². The van der Waals surface area contributed by atoms with Gasteiger partial charge in [0.1, 0.15) is 59.9 Å². The largest absolute Gasteiger partial charge is 0.481 e. The van der Waals surface area contributed by atoms with E-state index in [1.54, 1.807) is 78.9 Å². The molecule has 6 aromatic rings. The van der Waals surface area contributed by atoms with Crippen molar-refractivity contribution in [1.29, 1.82) is 0 Å². The van der Waals surface area contributed by atoms with Crippen LogP contribution in [-0.2, 0) is 92.8 Å². The van der Waals surface area contributed by atoms with Crippen LogP contribution < -0.4 is 63.8 Å². The van der Waals surface area contributed by atoms with Crippen LogP contribution >= 0.6 is 0 Å². The van der Waals surface area contributed by atoms with Gasteiger partial charge in [0, 0.05) is 38.3 Å². The number of carbonyl (C=O) groups excluding carboxylic acids is 11. The van der Waals surface area contributed by atoms with E-state index in [0.717, 1.165) is 42.5 Å². The number of H-pyrrole nitrogens is 1. The molecule has 7 rings (SSSR count). The lowest BCUT2D eigenvalue weighted by molar-refractivity contribution is -0.143. The van der Waals surface area contributed by atoms with Crippen molar-refractivity contribution in [2.45, 2.75) is 164 Å². The number of hydrogen-bond donors (Lipinski definition) is 19. The summed E-state index contributed by atoms with van der Waals surface area (Å²) in [5, 5.41) is 91.4. The number of aromatic amines is 1. The number of aromatic nitrogens is 2. The highest BCUT2D eigenvalue weighted by Crippen LogP contribution is 2.23. The van der Waals surface area contributed by atoms with Crippen LogP contribution in [0.4, 0.5) is 0 Å². The van der Waals surface area contributed by atoms with E-state index in [0.29, 0.717) is 35.3 Å². The minimum absolute atomic E-state index is 0.0860. The number of hydrogen-bond acceptors (Lipinski definition) is 19. The molecule has 1 saturated heterocycles. The van der Waals surface area contributed by atoms with Crippen molar-refractivity contribution in [1.82, 2.24) is 73.8 Å². The second kappa shape index (κ2) is 41.2. The molecule has 34 heteroatoms. The number of aliphatic hydroxyl groups is 3. The first-order valence-electron chi connectivity index (χ1n) is 35.4. The third-order valence-corrected chi connectivity index (χ3v) is 17.8. The van der Waals surface area contributed by atoms with E-state index >= 15 is 0 Å². The second-order valence-electron chi connectivity index (χ2n) is 26.9. The molecule has 0 radical (unpaired) electrons. The summed E-state index contributed by atoms with van der Waals surface area (Å²) in [4.78, 5) is 197. The third-order valence-electron chi connectivity index (χ3n) is 17.8. The van der Waals surface area contributed by atoms with Crippen LogP contribution in [0.2, 0.25) is 0 Å². The van der Waals surface area contributed by atoms with Crippen molar-refractivity contribution in [2.75, 3.05) is 19.7 Å². The normalized spacial score (nSPS) is 15.5. The summed E-state index contributed by atoms with van der Waals surface area (Å²) in [5.41, 5.74) is 3.33. The highest BCUT2D eigenvalue weighted by Gasteiger charge is 2.40. The zero-order chi connectivity index (χ0) is 80.2. The molecular weight excluding hydrogens is 1430 g/mol. The van der Waals surface area contributed by atoms with Crippen LogP contribution in [0.15, 0.2) is 152 Å². The fourth-order valence-corrected chi connectivity index (χ4v) is 11.7. The fourth-order valence-electron chi connectivity index (χ4n) is 11.7. The first-order valence-corrected chi connectivity index (χ1v) is 35.4. The summed E-state index contributed by atoms with van der Waals surface area (Å²) in [6, 6.07) is 23.8. The van der Waals surface area contributed by atoms with E-state index in [1.165, 1.54) is 26.4 Å². The molecule has 0 spiro atoms. The number of carboxylic acid groups (broad SMARTS) is 3. The quantitative estimate of drug-likeness (QED) is 0.0204. The van der Waals surface area contributed by atoms with Crippen molar-refractivity contribution >= 4 is 82.9 Å². The number of imidazole rings is 1. The Labute approximate surface area is 631 Å². The SMILES string of the molecule is C[C@@H](O)[C@H](NC(=O)CNC(=O)[C@H](CCC(=O)O)NC(=O)C(C)(C)NC(=O)[C@H](Cc1c[nH]cn1)NC(=O)[C@@H]1CCCN1)C(=O)N[C@@H](Cc1ccccc1)C(=O)N[C@H](C(=O)N[C@@H](CO)C(=O)N[C@@H](CC(=O)O)C(=O)N[C@@H](Cc1ccc(-c2ccccc2)cc1)C(=O)N[C@@H](Cc1ccc(-c2ccccc2)cc1)C(=O)O)[C@@H](C)O. The van der Waals surface area contributed by atoms with Crippen LogP contribution in [0.25, 0.3) is 22.3 Å². The van der Waals surface area contributed by atoms with E-state index in [-0.39, 0.29) is 25.7 Å². The van der Waals surface area contributed by atoms with E-state index in [1.807, 2.05) is 60.7 Å². The van der Waals surface area contributed by atoms with Gasteiger partial charge in [-0.2, -0.15) is 0 Å². The molecule has 1 fully saturated rings. The van der Waals surface area contributed by atoms with E-state index in [2.05, 4.69) is 73.8 Å². The van der Waals surface area contributed by atoms with Gasteiger partial charge >= 0.3 is 17.9 Å². The molecule has 0 aliphatic carbocycles. The number of rotatable bonds is 41. The van der Waals surface area contributed by atoms with Crippen molar-refractivity contribution < 1.29 is 97.8 Å². The first kappa shape index (κ1) is 85.0. The zero-order valence-electron chi connectivity index (χ0n) is 60.7. The van der Waals surface area contributed by atoms with E-state index in [9.17, 15) is 97.8 Å². The van der Waals surface area contributed by atoms with Gasteiger partial charge in [0.15, 0.2) is 0 Å². The summed E-state index contributed by atoms with van der Waals surface area (Å²) in [6.45, 7) is 3.07. The Bertz CT molecular complexity index is 4170. The van der Waals surface area contributed by atoms with Gasteiger partial charge in [-0.1, -0.05) is 140 Å². The van der Waals surface area contributed by atoms with Crippen LogP contribution in [0, 0.1) is 0 Å². The minimum Gasteiger partial charge on any atom is -0.481 e. The molecule has 586 valence electrons. The summed E-state index contributed by atoms with van der Waals surface area (Å²) < 4.78 is 0. The average molecular weight is 1520 g/mol. The average Bonchev–Trinajstić information content (AvgIpc) is 1.15. The lowest BCUT2D eigenvalue weighted by Crippen LogP contribution is -2.63. The van der Waals surface area contributed by atoms with Crippen LogP contribution in [-0.4, -0.2) is 221 Å². The Kier molecular flexibility index (Phi) is 31.8. The van der Waals surface area contributed by atoms with Crippen molar-refractivity contribution in [3.05, 3.63) is 174 Å². The van der Waals surface area contributed by atoms with Gasteiger partial charge in [0.2, 0.25) is 65.0 Å². The van der Waals surface area contributed by atoms with Crippen LogP contribution in [0.1, 0.15) is 82.2 Å². The molecule has 5 aromatic carbocycles. The maximum absolute atomic E-state index is 14.4. The minimum atomic E-state index is -2.07. The lowest BCUT2D eigenvalue weighted by Gasteiger charge is -2.30. The predicted octanol–water partition coefficient (Wildman–Crippen LogP) is -1.68. The Hall–Kier alpha value is -12.3. The number of benzene rings is 5. The molecule has 0 bridgehead atoms. The Morgan fingerprint density at radius 2 is 0.936 bits per heavy atom. The summed E-state index contributed by atoms with van der Waals surface area (Å²) in [6.07, 6.45) is -2.78. The molecule has 1 aliphatic rings. The van der Waals surface area contributed by atoms with Gasteiger partial charge in [0.25, 0.3) is 0 Å². The Morgan fingerprint density at radius 1 is 0.482 bits per heavy atom. The summed E-state index contributed by atoms with van der Waals surface area (Å²) >= 11 is 0. The number of aliphatic carboxylic acids is 3. The monoisotopic (exact) mass is 1520 g/mol. The molecule has 19 N–H and O–H groups in total. The first-order chi connectivity index (χ1) is 52.4. The van der Waals surface area contributed by atoms with Gasteiger partial charge in [-0.25, -0.2) is 9.78 Å². The number of carbonyl (C=O) groups is 14. The van der Waals surface area contributed by atoms with Gasteiger partial charge in [-0.3, -0.25) is 62.3 Å². The van der Waals surface area contributed by atoms with Gasteiger partial charge in [0.05, 0.1) is 49.8 Å². The fraction of sp³-hybridized carbons (Fsp3) is 0.382. The number of carboxylic acids is 3. The smallest absolute Gasteiger partial charge is 0.326 e. The molecule has 0 unspecified atom stereocenters. The Morgan fingerprint density at radius 3 is 1.43 bits per heavy atom. The highest BCUT2D eigenvalue weighted by atomic mass is 16.4. The number of nitrogens with one attached hydrogen (secondary N) is 13. The topological polar surface area (TPSA) is 533 Å². The number of nitrogens with zero attached hydrogens (tertiary/aromatic N) is 1. The molecule has 0 saturated carbocycles. The molecule has 12 atom stereocenters. The number of aliphatic hydroxyl groups excluding tert-OH is 3. The van der Waals surface area contributed by atoms with Crippen LogP contribution in [0.3, 0.4) is 0 Å². The van der Waals surface area contributed by atoms with Crippen molar-refractivity contribution in [3.8, 4) is 22.3 Å². The predicted molar refractivity (Wildman–Crippen MR) is 394 cm³/mol. The van der Waals surface area contributed by atoms with Crippen molar-refractivity contribution in [2.24, 2.45) is 0 Å². The molecule has 1 aromatic heterocycles. The second-order valence-corrected chi connectivity index (χ2v) is 26.9. The van der Waals surface area contributed by atoms with Crippen molar-refractivity contribution in [3.63, 3.8) is 0 Å². The molecular formula is C76H92N14O20. The number of amides is 11. The Balaban J connectivity index is 0.999. The van der Waals surface area contributed by atoms with Crippen LogP contribution in [0.5, 0.6) is 0 Å². The molecule has 2 heterocycles. The van der Waals surface area contributed by atoms with Gasteiger partial charge in [-0.05, 0) is 92.4 Å². The highest BCUT2D eigenvalue weighted by molar-refractivity contribution is 6.00. The lowest BCUT2D eigenvalue weighted by atomic mass is 9.98. The molecule has 1 aliphatic heterocycles. The third kappa shape index (κ3) is 26.3. The summed E-state index contributed by atoms with van der Waals surface area (Å²) in [7, 11) is 0. The van der Waals surface area contributed by atoms with E-state index in [4.69, 9.17) is 0 Å². The molecule has 11 amide bonds. The standard InChI is InChI=1S/C76H92N14O20/c1-42(92)63(88-60(94)39-79-65(99)53(30-31-61(95)96)87-75(110)76(3,4)90-71(105)56(36-51-38-77-41-80-51)82-66(100)52-21-14-32-78-52)72(106)84-55(33-44-15-8-5-9-16-44)69(103)89-64(43(2)93)73(107)86-59(40-91)70(104)83-57(37-62(97)98)68(102)81-54(34-45-22-26-49(27-23-45)47-17-10-6-11-18-47)67(101)85-58(74(108)109)35-46-24-28-50(29-25-46)48-19-12-7-13-20-48/h5-13,15-20,22-29,38,41-43,52-59,63-64,78,91-93H,14,21,30-37,39-40H2,1-4H3,(H,77,80)(H,79,99)(H,81,102)(H,82,100)(H,83,104)(H,84,106)(H,85,101)(H,86,107)(H,87,110)(H,88,94)(H,89,103)(H,90,105)(H,95,96)(H,97,98)(H,108,109)/t42-,43-,52+,53+,54+,55+,56+,57+,58+,59+,63+,64+/m1/s1. The van der Waals surface area contributed by atoms with E-state index < -0.39 is 193 Å². The molecule has 34 nitrogen and oxygen atoms in total.